The lowest BCUT2D eigenvalue weighted by Crippen LogP contribution is -2.36. The molecule has 0 amide bonds. The van der Waals surface area contributed by atoms with Crippen molar-refractivity contribution in [3.63, 3.8) is 0 Å². The number of morpholine rings is 1. The first-order valence-electron chi connectivity index (χ1n) is 11.9. The van der Waals surface area contributed by atoms with Crippen LogP contribution in [0.1, 0.15) is 54.8 Å². The van der Waals surface area contributed by atoms with Crippen LogP contribution in [0, 0.1) is 6.92 Å². The molecule has 176 valence electrons. The first-order chi connectivity index (χ1) is 15.6. The minimum absolute atomic E-state index is 0.0379. The Kier molecular flexibility index (Phi) is 9.93. The highest BCUT2D eigenvalue weighted by molar-refractivity contribution is 5.46. The largest absolute Gasteiger partial charge is 0.491 e. The minimum Gasteiger partial charge on any atom is -0.491 e. The van der Waals surface area contributed by atoms with Gasteiger partial charge in [0.2, 0.25) is 0 Å². The van der Waals surface area contributed by atoms with E-state index in [0.717, 1.165) is 80.5 Å². The van der Waals surface area contributed by atoms with Gasteiger partial charge >= 0.3 is 0 Å². The molecule has 1 aliphatic rings. The average Bonchev–Trinajstić information content (AvgIpc) is 2.79. The summed E-state index contributed by atoms with van der Waals surface area (Å²) >= 11 is 0. The number of hydrogen-bond acceptors (Lipinski definition) is 6. The van der Waals surface area contributed by atoms with Crippen LogP contribution < -0.4 is 10.1 Å². The molecule has 1 aromatic carbocycles. The summed E-state index contributed by atoms with van der Waals surface area (Å²) in [5, 5.41) is 13.8. The molecule has 1 aromatic heterocycles. The Morgan fingerprint density at radius 3 is 2.56 bits per heavy atom. The number of unbranched alkanes of at least 4 members (excludes halogenated alkanes) is 1. The maximum atomic E-state index is 10.4. The van der Waals surface area contributed by atoms with Gasteiger partial charge in [0.05, 0.1) is 37.8 Å². The number of rotatable bonds is 12. The van der Waals surface area contributed by atoms with Gasteiger partial charge < -0.3 is 19.9 Å². The third-order valence-electron chi connectivity index (χ3n) is 5.85. The van der Waals surface area contributed by atoms with E-state index in [-0.39, 0.29) is 6.61 Å². The molecular formula is C26H39N3O3. The van der Waals surface area contributed by atoms with Gasteiger partial charge in [-0.15, -0.1) is 0 Å². The molecule has 0 aliphatic carbocycles. The van der Waals surface area contributed by atoms with Crippen molar-refractivity contribution in [2.45, 2.75) is 59.2 Å². The summed E-state index contributed by atoms with van der Waals surface area (Å²) in [5.74, 6) is 0.842. The monoisotopic (exact) mass is 441 g/mol. The van der Waals surface area contributed by atoms with E-state index >= 15 is 0 Å². The SMILES string of the molecule is Cc1nc(Cc2ccccc2)c(CO)c(CN2CCOCC2)c1OCCCCNC(C)C. The van der Waals surface area contributed by atoms with Crippen LogP contribution >= 0.6 is 0 Å². The lowest BCUT2D eigenvalue weighted by atomic mass is 9.98. The third kappa shape index (κ3) is 7.27. The second-order valence-electron chi connectivity index (χ2n) is 8.80. The lowest BCUT2D eigenvalue weighted by Gasteiger charge is -2.29. The van der Waals surface area contributed by atoms with Crippen molar-refractivity contribution < 1.29 is 14.6 Å². The number of ether oxygens (including phenoxy) is 2. The number of aryl methyl sites for hydroxylation is 1. The predicted octanol–water partition coefficient (Wildman–Crippen LogP) is 3.46. The topological polar surface area (TPSA) is 66.9 Å². The summed E-state index contributed by atoms with van der Waals surface area (Å²) in [5.41, 5.74) is 5.01. The minimum atomic E-state index is -0.0379. The van der Waals surface area contributed by atoms with Crippen LogP contribution in [0.3, 0.4) is 0 Å². The maximum absolute atomic E-state index is 10.4. The summed E-state index contributed by atoms with van der Waals surface area (Å²) in [6.07, 6.45) is 2.76. The van der Waals surface area contributed by atoms with Crippen LogP contribution in [0.25, 0.3) is 0 Å². The van der Waals surface area contributed by atoms with E-state index in [1.807, 2.05) is 25.1 Å². The molecule has 0 unspecified atom stereocenters. The molecule has 6 heteroatoms. The van der Waals surface area contributed by atoms with Crippen molar-refractivity contribution in [1.82, 2.24) is 15.2 Å². The van der Waals surface area contributed by atoms with Crippen molar-refractivity contribution >= 4 is 0 Å². The van der Waals surface area contributed by atoms with Gasteiger partial charge in [0.25, 0.3) is 0 Å². The molecule has 1 saturated heterocycles. The lowest BCUT2D eigenvalue weighted by molar-refractivity contribution is 0.0335. The molecule has 0 bridgehead atoms. The second-order valence-corrected chi connectivity index (χ2v) is 8.80. The van der Waals surface area contributed by atoms with E-state index < -0.39 is 0 Å². The standard InChI is InChI=1S/C26H39N3O3/c1-20(2)27-11-7-8-14-32-26-21(3)28-25(17-22-9-5-4-6-10-22)24(19-30)23(26)18-29-12-15-31-16-13-29/h4-6,9-10,20,27,30H,7-8,11-19H2,1-3H3. The number of aromatic nitrogens is 1. The van der Waals surface area contributed by atoms with E-state index in [0.29, 0.717) is 19.1 Å². The first kappa shape index (κ1) is 24.6. The van der Waals surface area contributed by atoms with Gasteiger partial charge in [0.1, 0.15) is 5.75 Å². The van der Waals surface area contributed by atoms with E-state index in [1.54, 1.807) is 0 Å². The number of nitrogens with zero attached hydrogens (tertiary/aromatic N) is 2. The molecule has 6 nitrogen and oxygen atoms in total. The van der Waals surface area contributed by atoms with Crippen molar-refractivity contribution in [1.29, 1.82) is 0 Å². The van der Waals surface area contributed by atoms with Gasteiger partial charge in [-0.2, -0.15) is 0 Å². The van der Waals surface area contributed by atoms with Gasteiger partial charge in [0, 0.05) is 43.2 Å². The zero-order valence-electron chi connectivity index (χ0n) is 19.9. The van der Waals surface area contributed by atoms with Crippen molar-refractivity contribution in [2.24, 2.45) is 0 Å². The molecule has 0 atom stereocenters. The quantitative estimate of drug-likeness (QED) is 0.492. The highest BCUT2D eigenvalue weighted by Gasteiger charge is 2.22. The molecule has 2 N–H and O–H groups in total. The van der Waals surface area contributed by atoms with E-state index in [2.05, 4.69) is 36.2 Å². The molecule has 0 radical (unpaired) electrons. The number of nitrogens with one attached hydrogen (secondary N) is 1. The van der Waals surface area contributed by atoms with Crippen LogP contribution in [0.5, 0.6) is 5.75 Å². The fourth-order valence-electron chi connectivity index (χ4n) is 4.11. The molecule has 32 heavy (non-hydrogen) atoms. The smallest absolute Gasteiger partial charge is 0.145 e. The highest BCUT2D eigenvalue weighted by Crippen LogP contribution is 2.31. The highest BCUT2D eigenvalue weighted by atomic mass is 16.5. The normalized spacial score (nSPS) is 14.8. The van der Waals surface area contributed by atoms with Gasteiger partial charge in [-0.3, -0.25) is 9.88 Å². The first-order valence-corrected chi connectivity index (χ1v) is 11.9. The second kappa shape index (κ2) is 12.9. The number of pyridine rings is 1. The van der Waals surface area contributed by atoms with E-state index in [9.17, 15) is 5.11 Å². The average molecular weight is 442 g/mol. The molecule has 1 fully saturated rings. The summed E-state index contributed by atoms with van der Waals surface area (Å²) in [7, 11) is 0. The number of aliphatic hydroxyl groups excluding tert-OH is 1. The Bertz CT molecular complexity index is 821. The molecular weight excluding hydrogens is 402 g/mol. The zero-order valence-corrected chi connectivity index (χ0v) is 19.9. The summed E-state index contributed by atoms with van der Waals surface area (Å²) in [6, 6.07) is 10.8. The third-order valence-corrected chi connectivity index (χ3v) is 5.85. The Balaban J connectivity index is 1.81. The summed E-state index contributed by atoms with van der Waals surface area (Å²) < 4.78 is 11.8. The van der Waals surface area contributed by atoms with Crippen LogP contribution in [-0.2, 0) is 24.3 Å². The Morgan fingerprint density at radius 2 is 1.88 bits per heavy atom. The van der Waals surface area contributed by atoms with Crippen LogP contribution in [0.15, 0.2) is 30.3 Å². The van der Waals surface area contributed by atoms with Crippen LogP contribution in [0.2, 0.25) is 0 Å². The van der Waals surface area contributed by atoms with Gasteiger partial charge in [-0.1, -0.05) is 44.2 Å². The van der Waals surface area contributed by atoms with Crippen LogP contribution in [-0.4, -0.2) is 60.5 Å². The van der Waals surface area contributed by atoms with Crippen LogP contribution in [0.4, 0.5) is 0 Å². The molecule has 3 rings (SSSR count). The Morgan fingerprint density at radius 1 is 1.12 bits per heavy atom. The zero-order chi connectivity index (χ0) is 22.8. The summed E-state index contributed by atoms with van der Waals surface area (Å²) in [4.78, 5) is 7.27. The molecule has 1 aliphatic heterocycles. The summed E-state index contributed by atoms with van der Waals surface area (Å²) in [6.45, 7) is 12.0. The fourth-order valence-corrected chi connectivity index (χ4v) is 4.11. The number of benzene rings is 1. The maximum Gasteiger partial charge on any atom is 0.145 e. The fraction of sp³-hybridized carbons (Fsp3) is 0.577. The molecule has 2 heterocycles. The number of hydrogen-bond donors (Lipinski definition) is 2. The van der Waals surface area contributed by atoms with Crippen molar-refractivity contribution in [3.8, 4) is 5.75 Å². The molecule has 0 saturated carbocycles. The Hall–Kier alpha value is -1.99. The Labute approximate surface area is 193 Å². The van der Waals surface area contributed by atoms with E-state index in [1.165, 1.54) is 5.56 Å². The molecule has 2 aromatic rings. The van der Waals surface area contributed by atoms with Gasteiger partial charge in [-0.25, -0.2) is 0 Å². The van der Waals surface area contributed by atoms with E-state index in [4.69, 9.17) is 14.5 Å². The molecule has 0 spiro atoms. The van der Waals surface area contributed by atoms with Gasteiger partial charge in [0.15, 0.2) is 0 Å². The predicted molar refractivity (Wildman–Crippen MR) is 128 cm³/mol. The van der Waals surface area contributed by atoms with Gasteiger partial charge in [-0.05, 0) is 31.9 Å². The van der Waals surface area contributed by atoms with Crippen molar-refractivity contribution in [2.75, 3.05) is 39.5 Å². The van der Waals surface area contributed by atoms with Crippen molar-refractivity contribution in [3.05, 3.63) is 58.4 Å². The number of aliphatic hydroxyl groups is 1.